The molecule has 1 heterocycles. The molecule has 4 heteroatoms. The zero-order valence-corrected chi connectivity index (χ0v) is 13.3. The fourth-order valence-corrected chi connectivity index (χ4v) is 3.06. The van der Waals surface area contributed by atoms with Crippen LogP contribution in [0.3, 0.4) is 0 Å². The van der Waals surface area contributed by atoms with Crippen LogP contribution in [0.15, 0.2) is 48.0 Å². The molecule has 0 saturated carbocycles. The highest BCUT2D eigenvalue weighted by molar-refractivity contribution is 7.16. The van der Waals surface area contributed by atoms with Gasteiger partial charge in [-0.1, -0.05) is 12.1 Å². The van der Waals surface area contributed by atoms with Gasteiger partial charge in [0.25, 0.3) is 0 Å². The lowest BCUT2D eigenvalue weighted by Gasteiger charge is -2.18. The second-order valence-electron chi connectivity index (χ2n) is 5.39. The van der Waals surface area contributed by atoms with E-state index in [-0.39, 0.29) is 6.04 Å². The highest BCUT2D eigenvalue weighted by atomic mass is 32.1. The molecule has 1 aromatic heterocycles. The number of benzene rings is 2. The van der Waals surface area contributed by atoms with E-state index in [0.29, 0.717) is 0 Å². The molecule has 0 spiro atoms. The third kappa shape index (κ3) is 3.00. The van der Waals surface area contributed by atoms with Crippen molar-refractivity contribution in [3.8, 4) is 0 Å². The van der Waals surface area contributed by atoms with Crippen LogP contribution in [0.1, 0.15) is 18.5 Å². The van der Waals surface area contributed by atoms with Crippen molar-refractivity contribution in [3.05, 3.63) is 53.5 Å². The van der Waals surface area contributed by atoms with Crippen molar-refractivity contribution in [1.82, 2.24) is 4.98 Å². The minimum absolute atomic E-state index is 0.270. The first-order chi connectivity index (χ1) is 10.1. The van der Waals surface area contributed by atoms with Gasteiger partial charge in [-0.15, -0.1) is 11.3 Å². The molecule has 3 nitrogen and oxygen atoms in total. The smallest absolute Gasteiger partial charge is 0.0813 e. The summed E-state index contributed by atoms with van der Waals surface area (Å²) in [6.07, 6.45) is 0. The Hall–Kier alpha value is -2.07. The molecule has 3 aromatic rings. The molecule has 0 amide bonds. The first kappa shape index (κ1) is 13.9. The van der Waals surface area contributed by atoms with Gasteiger partial charge in [0.15, 0.2) is 0 Å². The van der Waals surface area contributed by atoms with Gasteiger partial charge in [-0.3, -0.25) is 0 Å². The molecule has 1 N–H and O–H groups in total. The number of rotatable bonds is 4. The van der Waals surface area contributed by atoms with Crippen molar-refractivity contribution in [2.45, 2.75) is 13.0 Å². The summed E-state index contributed by atoms with van der Waals surface area (Å²) in [6.45, 7) is 2.18. The lowest BCUT2D eigenvalue weighted by Crippen LogP contribution is -2.10. The Bertz CT molecular complexity index is 731. The molecular weight excluding hydrogens is 278 g/mol. The van der Waals surface area contributed by atoms with Gasteiger partial charge in [0.1, 0.15) is 0 Å². The largest absolute Gasteiger partial charge is 0.378 e. The Morgan fingerprint density at radius 2 is 1.86 bits per heavy atom. The fraction of sp³-hybridized carbons (Fsp3) is 0.235. The summed E-state index contributed by atoms with van der Waals surface area (Å²) < 4.78 is 1.22. The van der Waals surface area contributed by atoms with Gasteiger partial charge >= 0.3 is 0 Å². The molecule has 0 aliphatic rings. The molecule has 0 saturated heterocycles. The summed E-state index contributed by atoms with van der Waals surface area (Å²) in [6, 6.07) is 15.3. The number of aromatic nitrogens is 1. The minimum atomic E-state index is 0.270. The van der Waals surface area contributed by atoms with Gasteiger partial charge < -0.3 is 10.2 Å². The monoisotopic (exact) mass is 297 g/mol. The summed E-state index contributed by atoms with van der Waals surface area (Å²) in [7, 11) is 4.11. The van der Waals surface area contributed by atoms with Crippen LogP contribution in [-0.4, -0.2) is 19.1 Å². The first-order valence-corrected chi connectivity index (χ1v) is 7.88. The van der Waals surface area contributed by atoms with E-state index in [0.717, 1.165) is 11.2 Å². The molecule has 21 heavy (non-hydrogen) atoms. The number of fused-ring (bicyclic) bond motifs is 1. The SMILES string of the molecule is CC(Nc1ccc2ncsc2c1)c1ccc(N(C)C)cc1. The number of nitrogens with zero attached hydrogens (tertiary/aromatic N) is 2. The van der Waals surface area contributed by atoms with Crippen LogP contribution in [0.2, 0.25) is 0 Å². The van der Waals surface area contributed by atoms with Gasteiger partial charge in [0.05, 0.1) is 15.7 Å². The molecule has 1 atom stereocenters. The van der Waals surface area contributed by atoms with Gasteiger partial charge in [0.2, 0.25) is 0 Å². The van der Waals surface area contributed by atoms with Crippen molar-refractivity contribution < 1.29 is 0 Å². The molecule has 0 radical (unpaired) electrons. The van der Waals surface area contributed by atoms with Crippen LogP contribution in [-0.2, 0) is 0 Å². The number of anilines is 2. The first-order valence-electron chi connectivity index (χ1n) is 7.00. The number of hydrogen-bond acceptors (Lipinski definition) is 4. The quantitative estimate of drug-likeness (QED) is 0.766. The molecule has 2 aromatic carbocycles. The van der Waals surface area contributed by atoms with E-state index in [1.54, 1.807) is 11.3 Å². The van der Waals surface area contributed by atoms with Crippen molar-refractivity contribution in [2.24, 2.45) is 0 Å². The third-order valence-electron chi connectivity index (χ3n) is 3.62. The Morgan fingerprint density at radius 3 is 2.57 bits per heavy atom. The Morgan fingerprint density at radius 1 is 1.10 bits per heavy atom. The van der Waals surface area contributed by atoms with E-state index in [1.165, 1.54) is 16.0 Å². The highest BCUT2D eigenvalue weighted by Crippen LogP contribution is 2.25. The van der Waals surface area contributed by atoms with Crippen LogP contribution in [0, 0.1) is 0 Å². The highest BCUT2D eigenvalue weighted by Gasteiger charge is 2.07. The lowest BCUT2D eigenvalue weighted by molar-refractivity contribution is 0.884. The van der Waals surface area contributed by atoms with Crippen molar-refractivity contribution in [3.63, 3.8) is 0 Å². The van der Waals surface area contributed by atoms with E-state index in [4.69, 9.17) is 0 Å². The molecule has 0 aliphatic carbocycles. The average molecular weight is 297 g/mol. The van der Waals surface area contributed by atoms with Crippen LogP contribution in [0.25, 0.3) is 10.2 Å². The second kappa shape index (κ2) is 5.74. The predicted molar refractivity (Wildman–Crippen MR) is 92.4 cm³/mol. The maximum Gasteiger partial charge on any atom is 0.0813 e. The molecular formula is C17H19N3S. The topological polar surface area (TPSA) is 28.2 Å². The third-order valence-corrected chi connectivity index (χ3v) is 4.42. The maximum absolute atomic E-state index is 4.31. The van der Waals surface area contributed by atoms with Crippen LogP contribution >= 0.6 is 11.3 Å². The molecule has 1 unspecified atom stereocenters. The van der Waals surface area contributed by atoms with Gasteiger partial charge in [-0.05, 0) is 42.8 Å². The summed E-state index contributed by atoms with van der Waals surface area (Å²) in [4.78, 5) is 6.42. The molecule has 0 fully saturated rings. The minimum Gasteiger partial charge on any atom is -0.378 e. The van der Waals surface area contributed by atoms with Crippen LogP contribution in [0.4, 0.5) is 11.4 Å². The summed E-state index contributed by atoms with van der Waals surface area (Å²) >= 11 is 1.67. The summed E-state index contributed by atoms with van der Waals surface area (Å²) in [5.74, 6) is 0. The Kier molecular flexibility index (Phi) is 3.80. The lowest BCUT2D eigenvalue weighted by atomic mass is 10.1. The van der Waals surface area contributed by atoms with E-state index in [2.05, 4.69) is 78.7 Å². The Balaban J connectivity index is 1.76. The second-order valence-corrected chi connectivity index (χ2v) is 6.27. The Labute approximate surface area is 129 Å². The van der Waals surface area contributed by atoms with E-state index in [9.17, 15) is 0 Å². The maximum atomic E-state index is 4.31. The van der Waals surface area contributed by atoms with Gasteiger partial charge in [-0.25, -0.2) is 4.98 Å². The zero-order valence-electron chi connectivity index (χ0n) is 12.5. The summed E-state index contributed by atoms with van der Waals surface area (Å²) in [5.41, 5.74) is 6.59. The van der Waals surface area contributed by atoms with E-state index in [1.807, 2.05) is 5.51 Å². The number of nitrogens with one attached hydrogen (secondary N) is 1. The molecule has 108 valence electrons. The molecule has 0 aliphatic heterocycles. The van der Waals surface area contributed by atoms with E-state index >= 15 is 0 Å². The average Bonchev–Trinajstić information content (AvgIpc) is 2.95. The normalized spacial score (nSPS) is 12.3. The fourth-order valence-electron chi connectivity index (χ4n) is 2.34. The number of hydrogen-bond donors (Lipinski definition) is 1. The standard InChI is InChI=1S/C17H19N3S/c1-12(13-4-7-15(8-5-13)20(2)3)19-14-6-9-16-17(10-14)21-11-18-16/h4-12,19H,1-3H3. The van der Waals surface area contributed by atoms with E-state index < -0.39 is 0 Å². The predicted octanol–water partition coefficient (Wildman–Crippen LogP) is 4.54. The van der Waals surface area contributed by atoms with Gasteiger partial charge in [0, 0.05) is 31.5 Å². The number of thiazole rings is 1. The molecule has 3 rings (SSSR count). The van der Waals surface area contributed by atoms with Crippen LogP contribution < -0.4 is 10.2 Å². The molecule has 0 bridgehead atoms. The van der Waals surface area contributed by atoms with Crippen molar-refractivity contribution in [1.29, 1.82) is 0 Å². The van der Waals surface area contributed by atoms with Crippen molar-refractivity contribution in [2.75, 3.05) is 24.3 Å². The zero-order chi connectivity index (χ0) is 14.8. The van der Waals surface area contributed by atoms with Gasteiger partial charge in [-0.2, -0.15) is 0 Å². The summed E-state index contributed by atoms with van der Waals surface area (Å²) in [5, 5.41) is 3.55. The van der Waals surface area contributed by atoms with Crippen molar-refractivity contribution >= 4 is 32.9 Å². The van der Waals surface area contributed by atoms with Crippen LogP contribution in [0.5, 0.6) is 0 Å².